The molecule has 1 aromatic carbocycles. The van der Waals surface area contributed by atoms with Gasteiger partial charge >= 0.3 is 0 Å². The molecule has 112 valence electrons. The van der Waals surface area contributed by atoms with Crippen molar-refractivity contribution in [2.75, 3.05) is 12.3 Å². The molecule has 21 heavy (non-hydrogen) atoms. The summed E-state index contributed by atoms with van der Waals surface area (Å²) in [6, 6.07) is 6.24. The fourth-order valence-electron chi connectivity index (χ4n) is 1.85. The summed E-state index contributed by atoms with van der Waals surface area (Å²) in [5.41, 5.74) is 5.84. The zero-order chi connectivity index (χ0) is 15.6. The first-order valence-electron chi connectivity index (χ1n) is 6.20. The van der Waals surface area contributed by atoms with Gasteiger partial charge in [0, 0.05) is 15.9 Å². The highest BCUT2D eigenvalue weighted by Crippen LogP contribution is 2.26. The molecule has 1 aromatic heterocycles. The Morgan fingerprint density at radius 1 is 1.48 bits per heavy atom. The van der Waals surface area contributed by atoms with Crippen LogP contribution in [0.25, 0.3) is 0 Å². The molecule has 0 spiro atoms. The van der Waals surface area contributed by atoms with Gasteiger partial charge in [0.05, 0.1) is 22.1 Å². The maximum absolute atomic E-state index is 13.4. The minimum atomic E-state index is -0.550. The summed E-state index contributed by atoms with van der Waals surface area (Å²) >= 11 is 10.5. The molecule has 0 aliphatic rings. The smallest absolute Gasteiger partial charge is 0.255 e. The SMILES string of the molecule is CCN(Cc1ccc(Cl)s1)C(=O)c1cc(N)c(F)cc1Br. The summed E-state index contributed by atoms with van der Waals surface area (Å²) in [4.78, 5) is 15.2. The number of nitrogens with two attached hydrogens (primary N) is 1. The van der Waals surface area contributed by atoms with Crippen molar-refractivity contribution in [1.29, 1.82) is 0 Å². The number of rotatable bonds is 4. The van der Waals surface area contributed by atoms with Gasteiger partial charge in [0.2, 0.25) is 0 Å². The Hall–Kier alpha value is -1.11. The molecule has 0 aliphatic heterocycles. The molecule has 2 N–H and O–H groups in total. The predicted molar refractivity (Wildman–Crippen MR) is 88.3 cm³/mol. The monoisotopic (exact) mass is 390 g/mol. The van der Waals surface area contributed by atoms with Gasteiger partial charge in [-0.25, -0.2) is 4.39 Å². The zero-order valence-electron chi connectivity index (χ0n) is 11.2. The molecule has 0 aliphatic carbocycles. The number of carbonyl (C=O) groups is 1. The van der Waals surface area contributed by atoms with Crippen molar-refractivity contribution in [2.45, 2.75) is 13.5 Å². The lowest BCUT2D eigenvalue weighted by Gasteiger charge is -2.21. The Morgan fingerprint density at radius 3 is 2.76 bits per heavy atom. The Bertz CT molecular complexity index is 677. The lowest BCUT2D eigenvalue weighted by Crippen LogP contribution is -2.30. The van der Waals surface area contributed by atoms with Crippen LogP contribution in [0.1, 0.15) is 22.2 Å². The average Bonchev–Trinajstić information content (AvgIpc) is 2.85. The molecule has 0 unspecified atom stereocenters. The fourth-order valence-corrected chi connectivity index (χ4v) is 3.44. The van der Waals surface area contributed by atoms with E-state index in [9.17, 15) is 9.18 Å². The zero-order valence-corrected chi connectivity index (χ0v) is 14.4. The quantitative estimate of drug-likeness (QED) is 0.777. The molecule has 3 nitrogen and oxygen atoms in total. The number of nitrogens with zero attached hydrogens (tertiary/aromatic N) is 1. The van der Waals surface area contributed by atoms with Gasteiger partial charge in [-0.1, -0.05) is 11.6 Å². The van der Waals surface area contributed by atoms with E-state index in [2.05, 4.69) is 15.9 Å². The first-order valence-corrected chi connectivity index (χ1v) is 8.19. The average molecular weight is 392 g/mol. The third-order valence-corrected chi connectivity index (χ3v) is 4.83. The number of hydrogen-bond donors (Lipinski definition) is 1. The second-order valence-corrected chi connectivity index (χ2v) is 7.03. The van der Waals surface area contributed by atoms with Crippen molar-refractivity contribution in [1.82, 2.24) is 4.90 Å². The van der Waals surface area contributed by atoms with E-state index in [1.165, 1.54) is 23.5 Å². The van der Waals surface area contributed by atoms with Crippen LogP contribution in [0.5, 0.6) is 0 Å². The summed E-state index contributed by atoms with van der Waals surface area (Å²) in [5.74, 6) is -0.757. The van der Waals surface area contributed by atoms with E-state index in [4.69, 9.17) is 17.3 Å². The van der Waals surface area contributed by atoms with Gasteiger partial charge in [-0.3, -0.25) is 4.79 Å². The molecule has 2 aromatic rings. The number of anilines is 1. The highest BCUT2D eigenvalue weighted by molar-refractivity contribution is 9.10. The van der Waals surface area contributed by atoms with Crippen molar-refractivity contribution in [3.05, 3.63) is 49.3 Å². The molecule has 1 heterocycles. The first kappa shape index (κ1) is 16.3. The maximum Gasteiger partial charge on any atom is 0.255 e. The van der Waals surface area contributed by atoms with E-state index in [-0.39, 0.29) is 11.6 Å². The topological polar surface area (TPSA) is 46.3 Å². The third-order valence-electron chi connectivity index (χ3n) is 2.96. The van der Waals surface area contributed by atoms with Crippen LogP contribution in [0, 0.1) is 5.82 Å². The summed E-state index contributed by atoms with van der Waals surface area (Å²) in [5, 5.41) is 0. The number of carbonyl (C=O) groups excluding carboxylic acids is 1. The van der Waals surface area contributed by atoms with Crippen molar-refractivity contribution in [3.63, 3.8) is 0 Å². The number of amides is 1. The van der Waals surface area contributed by atoms with Gasteiger partial charge in [0.25, 0.3) is 5.91 Å². The molecule has 0 fully saturated rings. The first-order chi connectivity index (χ1) is 9.92. The van der Waals surface area contributed by atoms with Crippen LogP contribution in [0.2, 0.25) is 4.34 Å². The van der Waals surface area contributed by atoms with Gasteiger partial charge in [-0.05, 0) is 47.1 Å². The van der Waals surface area contributed by atoms with Crippen LogP contribution in [-0.2, 0) is 6.54 Å². The Balaban J connectivity index is 2.26. The van der Waals surface area contributed by atoms with E-state index in [1.54, 1.807) is 11.0 Å². The number of benzene rings is 1. The van der Waals surface area contributed by atoms with E-state index in [0.29, 0.717) is 27.5 Å². The highest BCUT2D eigenvalue weighted by atomic mass is 79.9. The van der Waals surface area contributed by atoms with Crippen LogP contribution in [-0.4, -0.2) is 17.4 Å². The lowest BCUT2D eigenvalue weighted by atomic mass is 10.1. The molecule has 0 saturated carbocycles. The summed E-state index contributed by atoms with van der Waals surface area (Å²) < 4.78 is 14.4. The molecule has 0 atom stereocenters. The molecule has 0 saturated heterocycles. The standard InChI is InChI=1S/C14H13BrClFN2OS/c1-2-19(7-8-3-4-13(16)21-8)14(20)9-5-12(18)11(17)6-10(9)15/h3-6H,2,7,18H2,1H3. The fraction of sp³-hybridized carbons (Fsp3) is 0.214. The Kier molecular flexibility index (Phi) is 5.24. The molecule has 0 bridgehead atoms. The van der Waals surface area contributed by atoms with E-state index in [0.717, 1.165) is 4.88 Å². The number of halogens is 3. The largest absolute Gasteiger partial charge is 0.396 e. The molecular formula is C14H13BrClFN2OS. The van der Waals surface area contributed by atoms with Crippen LogP contribution in [0.15, 0.2) is 28.7 Å². The predicted octanol–water partition coefficient (Wildman–Crippen LogP) is 4.55. The summed E-state index contributed by atoms with van der Waals surface area (Å²) in [7, 11) is 0. The van der Waals surface area contributed by atoms with Crippen LogP contribution in [0.4, 0.5) is 10.1 Å². The maximum atomic E-state index is 13.4. The summed E-state index contributed by atoms with van der Waals surface area (Å²) in [6.45, 7) is 2.86. The van der Waals surface area contributed by atoms with Gasteiger partial charge in [0.15, 0.2) is 0 Å². The van der Waals surface area contributed by atoms with Crippen LogP contribution in [0.3, 0.4) is 0 Å². The minimum absolute atomic E-state index is 0.0447. The molecular weight excluding hydrogens is 379 g/mol. The number of nitrogen functional groups attached to an aromatic ring is 1. The van der Waals surface area contributed by atoms with Gasteiger partial charge in [-0.15, -0.1) is 11.3 Å². The molecule has 7 heteroatoms. The normalized spacial score (nSPS) is 10.7. The Morgan fingerprint density at radius 2 is 2.19 bits per heavy atom. The van der Waals surface area contributed by atoms with Crippen molar-refractivity contribution in [3.8, 4) is 0 Å². The minimum Gasteiger partial charge on any atom is -0.396 e. The molecule has 1 amide bonds. The van der Waals surface area contributed by atoms with Gasteiger partial charge < -0.3 is 10.6 Å². The van der Waals surface area contributed by atoms with Crippen LogP contribution < -0.4 is 5.73 Å². The van der Waals surface area contributed by atoms with E-state index >= 15 is 0 Å². The number of hydrogen-bond acceptors (Lipinski definition) is 3. The van der Waals surface area contributed by atoms with E-state index < -0.39 is 5.82 Å². The van der Waals surface area contributed by atoms with Crippen molar-refractivity contribution in [2.24, 2.45) is 0 Å². The Labute approximate surface area is 139 Å². The second-order valence-electron chi connectivity index (χ2n) is 4.38. The highest BCUT2D eigenvalue weighted by Gasteiger charge is 2.19. The third kappa shape index (κ3) is 3.75. The lowest BCUT2D eigenvalue weighted by molar-refractivity contribution is 0.0753. The second kappa shape index (κ2) is 6.77. The van der Waals surface area contributed by atoms with Crippen molar-refractivity contribution >= 4 is 50.5 Å². The van der Waals surface area contributed by atoms with E-state index in [1.807, 2.05) is 13.0 Å². The summed E-state index contributed by atoms with van der Waals surface area (Å²) in [6.07, 6.45) is 0. The van der Waals surface area contributed by atoms with Crippen LogP contribution >= 0.6 is 38.9 Å². The molecule has 0 radical (unpaired) electrons. The molecule has 2 rings (SSSR count). The van der Waals surface area contributed by atoms with Crippen molar-refractivity contribution < 1.29 is 9.18 Å². The van der Waals surface area contributed by atoms with Gasteiger partial charge in [0.1, 0.15) is 5.82 Å². The number of thiophene rings is 1. The van der Waals surface area contributed by atoms with Gasteiger partial charge in [-0.2, -0.15) is 0 Å².